The molecule has 1 aromatic rings. The van der Waals surface area contributed by atoms with Crippen LogP contribution in [-0.4, -0.2) is 17.5 Å². The number of nitrogens with zero attached hydrogens (tertiary/aromatic N) is 1. The van der Waals surface area contributed by atoms with Crippen molar-refractivity contribution in [1.82, 2.24) is 0 Å². The van der Waals surface area contributed by atoms with E-state index in [1.165, 1.54) is 31.2 Å². The fourth-order valence-electron chi connectivity index (χ4n) is 2.52. The van der Waals surface area contributed by atoms with E-state index in [-0.39, 0.29) is 0 Å². The van der Waals surface area contributed by atoms with Crippen LogP contribution in [0.2, 0.25) is 0 Å². The van der Waals surface area contributed by atoms with E-state index in [0.29, 0.717) is 0 Å². The van der Waals surface area contributed by atoms with E-state index in [1.54, 1.807) is 0 Å². The molecule has 0 spiro atoms. The summed E-state index contributed by atoms with van der Waals surface area (Å²) in [6.07, 6.45) is 7.05. The quantitative estimate of drug-likeness (QED) is 0.477. The van der Waals surface area contributed by atoms with Gasteiger partial charge >= 0.3 is 0 Å². The van der Waals surface area contributed by atoms with Crippen molar-refractivity contribution in [3.63, 3.8) is 0 Å². The number of hydrogen-bond acceptors (Lipinski definition) is 3. The third-order valence-electron chi connectivity index (χ3n) is 3.83. The molecule has 0 unspecified atom stereocenters. The van der Waals surface area contributed by atoms with Gasteiger partial charge in [0, 0.05) is 0 Å². The fourth-order valence-corrected chi connectivity index (χ4v) is 2.52. The number of benzene rings is 1. The molecule has 1 saturated carbocycles. The zero-order valence-corrected chi connectivity index (χ0v) is 11.6. The summed E-state index contributed by atoms with van der Waals surface area (Å²) >= 11 is 0. The van der Waals surface area contributed by atoms with Gasteiger partial charge in [0.05, 0.1) is 12.3 Å². The Labute approximate surface area is 115 Å². The standard InChI is InChI=1S/C16H23NO2/c1-13(17-18)6-7-14-8-10-16(11-9-14)19-12-15-4-2-3-5-15/h8-11,15,18H,2-7,12H2,1H3. The summed E-state index contributed by atoms with van der Waals surface area (Å²) in [4.78, 5) is 0. The summed E-state index contributed by atoms with van der Waals surface area (Å²) in [5.41, 5.74) is 2.01. The van der Waals surface area contributed by atoms with E-state index in [9.17, 15) is 0 Å². The van der Waals surface area contributed by atoms with E-state index in [1.807, 2.05) is 19.1 Å². The summed E-state index contributed by atoms with van der Waals surface area (Å²) in [6, 6.07) is 8.26. The first kappa shape index (κ1) is 13.9. The molecule has 3 heteroatoms. The lowest BCUT2D eigenvalue weighted by Gasteiger charge is -2.11. The van der Waals surface area contributed by atoms with E-state index in [4.69, 9.17) is 9.94 Å². The van der Waals surface area contributed by atoms with E-state index in [2.05, 4.69) is 17.3 Å². The predicted molar refractivity (Wildman–Crippen MR) is 77.1 cm³/mol. The van der Waals surface area contributed by atoms with Gasteiger partial charge in [-0.3, -0.25) is 0 Å². The second-order valence-electron chi connectivity index (χ2n) is 5.44. The van der Waals surface area contributed by atoms with Crippen molar-refractivity contribution in [2.75, 3.05) is 6.61 Å². The molecule has 1 fully saturated rings. The number of rotatable bonds is 6. The second-order valence-corrected chi connectivity index (χ2v) is 5.44. The molecule has 0 heterocycles. The molecule has 0 atom stereocenters. The summed E-state index contributed by atoms with van der Waals surface area (Å²) in [5.74, 6) is 1.71. The smallest absolute Gasteiger partial charge is 0.119 e. The fraction of sp³-hybridized carbons (Fsp3) is 0.562. The normalized spacial score (nSPS) is 16.8. The third kappa shape index (κ3) is 4.58. The predicted octanol–water partition coefficient (Wildman–Crippen LogP) is 4.04. The van der Waals surface area contributed by atoms with Crippen molar-refractivity contribution in [3.8, 4) is 5.75 Å². The van der Waals surface area contributed by atoms with Crippen LogP contribution >= 0.6 is 0 Å². The van der Waals surface area contributed by atoms with Crippen molar-refractivity contribution < 1.29 is 9.94 Å². The number of ether oxygens (including phenoxy) is 1. The molecule has 1 N–H and O–H groups in total. The minimum Gasteiger partial charge on any atom is -0.493 e. The van der Waals surface area contributed by atoms with Crippen molar-refractivity contribution in [2.45, 2.75) is 45.4 Å². The van der Waals surface area contributed by atoms with Gasteiger partial charge in [-0.05, 0) is 56.2 Å². The van der Waals surface area contributed by atoms with Crippen molar-refractivity contribution in [3.05, 3.63) is 29.8 Å². The van der Waals surface area contributed by atoms with Crippen LogP contribution in [0, 0.1) is 5.92 Å². The van der Waals surface area contributed by atoms with E-state index in [0.717, 1.165) is 36.8 Å². The molecule has 0 saturated heterocycles. The molecule has 0 aliphatic heterocycles. The minimum atomic E-state index is 0.753. The average Bonchev–Trinajstić information content (AvgIpc) is 2.97. The van der Waals surface area contributed by atoms with Crippen LogP contribution in [0.3, 0.4) is 0 Å². The second kappa shape index (κ2) is 7.17. The third-order valence-corrected chi connectivity index (χ3v) is 3.83. The van der Waals surface area contributed by atoms with Crippen LogP contribution in [0.15, 0.2) is 29.4 Å². The van der Waals surface area contributed by atoms with Crippen molar-refractivity contribution in [1.29, 1.82) is 0 Å². The Hall–Kier alpha value is -1.51. The van der Waals surface area contributed by atoms with Crippen molar-refractivity contribution in [2.24, 2.45) is 11.1 Å². The maximum Gasteiger partial charge on any atom is 0.119 e. The van der Waals surface area contributed by atoms with Gasteiger partial charge in [0.15, 0.2) is 0 Å². The Bertz CT molecular complexity index is 405. The number of hydrogen-bond donors (Lipinski definition) is 1. The van der Waals surface area contributed by atoms with Gasteiger partial charge in [-0.1, -0.05) is 30.1 Å². The van der Waals surface area contributed by atoms with Gasteiger partial charge in [-0.15, -0.1) is 0 Å². The molecule has 1 aliphatic rings. The Morgan fingerprint density at radius 2 is 1.95 bits per heavy atom. The van der Waals surface area contributed by atoms with Crippen LogP contribution in [0.1, 0.15) is 44.6 Å². The van der Waals surface area contributed by atoms with E-state index < -0.39 is 0 Å². The molecule has 1 aliphatic carbocycles. The molecule has 0 aromatic heterocycles. The molecule has 2 rings (SSSR count). The molecular formula is C16H23NO2. The van der Waals surface area contributed by atoms with E-state index >= 15 is 0 Å². The average molecular weight is 261 g/mol. The van der Waals surface area contributed by atoms with Gasteiger partial charge in [0.1, 0.15) is 5.75 Å². The summed E-state index contributed by atoms with van der Waals surface area (Å²) < 4.78 is 5.83. The highest BCUT2D eigenvalue weighted by Gasteiger charge is 2.15. The first-order chi connectivity index (χ1) is 9.28. The highest BCUT2D eigenvalue weighted by molar-refractivity contribution is 5.81. The zero-order chi connectivity index (χ0) is 13.5. The summed E-state index contributed by atoms with van der Waals surface area (Å²) in [7, 11) is 0. The summed E-state index contributed by atoms with van der Waals surface area (Å²) in [6.45, 7) is 2.69. The molecule has 104 valence electrons. The highest BCUT2D eigenvalue weighted by Crippen LogP contribution is 2.25. The molecular weight excluding hydrogens is 238 g/mol. The zero-order valence-electron chi connectivity index (χ0n) is 11.6. The van der Waals surface area contributed by atoms with Gasteiger partial charge in [-0.25, -0.2) is 0 Å². The van der Waals surface area contributed by atoms with Gasteiger partial charge in [0.25, 0.3) is 0 Å². The van der Waals surface area contributed by atoms with Crippen LogP contribution in [0.4, 0.5) is 0 Å². The SMILES string of the molecule is CC(CCc1ccc(OCC2CCCC2)cc1)=NO. The Morgan fingerprint density at radius 1 is 1.26 bits per heavy atom. The Kier molecular flexibility index (Phi) is 5.25. The Morgan fingerprint density at radius 3 is 2.58 bits per heavy atom. The molecule has 0 bridgehead atoms. The topological polar surface area (TPSA) is 41.8 Å². The summed E-state index contributed by atoms with van der Waals surface area (Å²) in [5, 5.41) is 11.8. The lowest BCUT2D eigenvalue weighted by molar-refractivity contribution is 0.252. The van der Waals surface area contributed by atoms with Crippen LogP contribution < -0.4 is 4.74 Å². The lowest BCUT2D eigenvalue weighted by atomic mass is 10.1. The highest BCUT2D eigenvalue weighted by atomic mass is 16.5. The molecule has 19 heavy (non-hydrogen) atoms. The Balaban J connectivity index is 1.77. The van der Waals surface area contributed by atoms with Crippen LogP contribution in [0.5, 0.6) is 5.75 Å². The molecule has 0 amide bonds. The first-order valence-corrected chi connectivity index (χ1v) is 7.17. The van der Waals surface area contributed by atoms with Gasteiger partial charge < -0.3 is 9.94 Å². The maximum absolute atomic E-state index is 8.60. The molecule has 3 nitrogen and oxygen atoms in total. The molecule has 1 aromatic carbocycles. The van der Waals surface area contributed by atoms with Crippen LogP contribution in [0.25, 0.3) is 0 Å². The van der Waals surface area contributed by atoms with Gasteiger partial charge in [0.2, 0.25) is 0 Å². The van der Waals surface area contributed by atoms with Gasteiger partial charge in [-0.2, -0.15) is 0 Å². The minimum absolute atomic E-state index is 0.753. The van der Waals surface area contributed by atoms with Crippen LogP contribution in [-0.2, 0) is 6.42 Å². The largest absolute Gasteiger partial charge is 0.493 e. The maximum atomic E-state index is 8.60. The lowest BCUT2D eigenvalue weighted by Crippen LogP contribution is -2.07. The molecule has 0 radical (unpaired) electrons. The number of oxime groups is 1. The van der Waals surface area contributed by atoms with Crippen molar-refractivity contribution >= 4 is 5.71 Å². The first-order valence-electron chi connectivity index (χ1n) is 7.17. The monoisotopic (exact) mass is 261 g/mol. The number of aryl methyl sites for hydroxylation is 1.